The standard InChI is InChI=1S/C13H26N2O/c1-16-10-11-5-7-15(8-6-11)13-4-2-3-12(13)9-14/h11-13H,2-10,14H2,1H3. The van der Waals surface area contributed by atoms with E-state index in [-0.39, 0.29) is 0 Å². The Morgan fingerprint density at radius 2 is 1.94 bits per heavy atom. The van der Waals surface area contributed by atoms with E-state index >= 15 is 0 Å². The molecule has 0 radical (unpaired) electrons. The van der Waals surface area contributed by atoms with Gasteiger partial charge in [0.25, 0.3) is 0 Å². The van der Waals surface area contributed by atoms with Gasteiger partial charge in [-0.1, -0.05) is 6.42 Å². The minimum absolute atomic E-state index is 0.763. The van der Waals surface area contributed by atoms with Crippen molar-refractivity contribution in [1.29, 1.82) is 0 Å². The highest BCUT2D eigenvalue weighted by molar-refractivity contribution is 4.88. The zero-order chi connectivity index (χ0) is 11.4. The van der Waals surface area contributed by atoms with Gasteiger partial charge in [0, 0.05) is 19.8 Å². The molecule has 2 N–H and O–H groups in total. The van der Waals surface area contributed by atoms with Crippen LogP contribution in [-0.2, 0) is 4.74 Å². The quantitative estimate of drug-likeness (QED) is 0.789. The highest BCUT2D eigenvalue weighted by Gasteiger charge is 2.33. The molecule has 0 aromatic carbocycles. The largest absolute Gasteiger partial charge is 0.384 e. The van der Waals surface area contributed by atoms with Crippen molar-refractivity contribution in [3.05, 3.63) is 0 Å². The van der Waals surface area contributed by atoms with E-state index in [0.29, 0.717) is 0 Å². The van der Waals surface area contributed by atoms with Crippen molar-refractivity contribution in [2.75, 3.05) is 33.4 Å². The summed E-state index contributed by atoms with van der Waals surface area (Å²) in [6.07, 6.45) is 6.71. The Morgan fingerprint density at radius 1 is 1.19 bits per heavy atom. The summed E-state index contributed by atoms with van der Waals surface area (Å²) in [4.78, 5) is 2.69. The molecule has 3 nitrogen and oxygen atoms in total. The molecule has 94 valence electrons. The first-order chi connectivity index (χ1) is 7.85. The molecule has 16 heavy (non-hydrogen) atoms. The first-order valence-electron chi connectivity index (χ1n) is 6.78. The van der Waals surface area contributed by atoms with Gasteiger partial charge in [-0.3, -0.25) is 0 Å². The van der Waals surface area contributed by atoms with Crippen LogP contribution in [0.25, 0.3) is 0 Å². The summed E-state index contributed by atoms with van der Waals surface area (Å²) in [5.74, 6) is 1.55. The lowest BCUT2D eigenvalue weighted by Crippen LogP contribution is -2.45. The SMILES string of the molecule is COCC1CCN(C2CCCC2CN)CC1. The number of hydrogen-bond donors (Lipinski definition) is 1. The Bertz CT molecular complexity index is 202. The Kier molecular flexibility index (Phi) is 4.62. The lowest BCUT2D eigenvalue weighted by atomic mass is 9.94. The van der Waals surface area contributed by atoms with Crippen molar-refractivity contribution >= 4 is 0 Å². The number of ether oxygens (including phenoxy) is 1. The van der Waals surface area contributed by atoms with E-state index in [2.05, 4.69) is 4.90 Å². The smallest absolute Gasteiger partial charge is 0.0491 e. The topological polar surface area (TPSA) is 38.5 Å². The molecule has 2 rings (SSSR count). The summed E-state index contributed by atoms with van der Waals surface area (Å²) < 4.78 is 5.25. The number of nitrogens with two attached hydrogens (primary N) is 1. The first kappa shape index (κ1) is 12.3. The predicted octanol–water partition coefficient (Wildman–Crippen LogP) is 1.47. The van der Waals surface area contributed by atoms with Crippen LogP contribution in [0, 0.1) is 11.8 Å². The van der Waals surface area contributed by atoms with Crippen molar-refractivity contribution in [2.45, 2.75) is 38.1 Å². The summed E-state index contributed by atoms with van der Waals surface area (Å²) in [6, 6.07) is 0.786. The van der Waals surface area contributed by atoms with E-state index in [1.54, 1.807) is 0 Å². The van der Waals surface area contributed by atoms with Gasteiger partial charge >= 0.3 is 0 Å². The molecule has 0 spiro atoms. The van der Waals surface area contributed by atoms with E-state index in [1.165, 1.54) is 45.2 Å². The molecule has 0 aromatic heterocycles. The minimum Gasteiger partial charge on any atom is -0.384 e. The fourth-order valence-electron chi connectivity index (χ4n) is 3.46. The third-order valence-electron chi connectivity index (χ3n) is 4.44. The van der Waals surface area contributed by atoms with Crippen LogP contribution in [0.1, 0.15) is 32.1 Å². The summed E-state index contributed by atoms with van der Waals surface area (Å²) in [7, 11) is 1.81. The van der Waals surface area contributed by atoms with Gasteiger partial charge in [0.1, 0.15) is 0 Å². The highest BCUT2D eigenvalue weighted by atomic mass is 16.5. The van der Waals surface area contributed by atoms with Gasteiger partial charge in [-0.15, -0.1) is 0 Å². The zero-order valence-electron chi connectivity index (χ0n) is 10.5. The molecule has 1 saturated heterocycles. The molecule has 2 unspecified atom stereocenters. The van der Waals surface area contributed by atoms with Crippen molar-refractivity contribution in [1.82, 2.24) is 4.90 Å². The van der Waals surface area contributed by atoms with Crippen molar-refractivity contribution < 1.29 is 4.74 Å². The average molecular weight is 226 g/mol. The number of piperidine rings is 1. The molecule has 0 aromatic rings. The monoisotopic (exact) mass is 226 g/mol. The summed E-state index contributed by atoms with van der Waals surface area (Å²) >= 11 is 0. The third kappa shape index (κ3) is 2.76. The molecule has 1 heterocycles. The fraction of sp³-hybridized carbons (Fsp3) is 1.00. The van der Waals surface area contributed by atoms with E-state index in [9.17, 15) is 0 Å². The van der Waals surface area contributed by atoms with Gasteiger partial charge in [-0.05, 0) is 57.2 Å². The van der Waals surface area contributed by atoms with E-state index in [4.69, 9.17) is 10.5 Å². The van der Waals surface area contributed by atoms with Crippen LogP contribution in [0.4, 0.5) is 0 Å². The number of methoxy groups -OCH3 is 1. The molecule has 0 bridgehead atoms. The van der Waals surface area contributed by atoms with E-state index in [1.807, 2.05) is 7.11 Å². The summed E-state index contributed by atoms with van der Waals surface area (Å²) in [5.41, 5.74) is 5.86. The molecular weight excluding hydrogens is 200 g/mol. The Hall–Kier alpha value is -0.120. The van der Waals surface area contributed by atoms with Crippen LogP contribution in [0.15, 0.2) is 0 Å². The van der Waals surface area contributed by atoms with Crippen LogP contribution in [0.5, 0.6) is 0 Å². The number of likely N-dealkylation sites (tertiary alicyclic amines) is 1. The Labute approximate surface area is 99.3 Å². The number of rotatable bonds is 4. The van der Waals surface area contributed by atoms with Crippen molar-refractivity contribution in [2.24, 2.45) is 17.6 Å². The molecule has 0 amide bonds. The molecule has 3 heteroatoms. The lowest BCUT2D eigenvalue weighted by molar-refractivity contribution is 0.0697. The lowest BCUT2D eigenvalue weighted by Gasteiger charge is -2.38. The van der Waals surface area contributed by atoms with Crippen LogP contribution in [0.3, 0.4) is 0 Å². The maximum atomic E-state index is 5.86. The molecule has 1 aliphatic heterocycles. The van der Waals surface area contributed by atoms with Crippen LogP contribution < -0.4 is 5.73 Å². The first-order valence-corrected chi connectivity index (χ1v) is 6.78. The van der Waals surface area contributed by atoms with Gasteiger partial charge < -0.3 is 15.4 Å². The second-order valence-electron chi connectivity index (χ2n) is 5.43. The van der Waals surface area contributed by atoms with Crippen LogP contribution >= 0.6 is 0 Å². The molecular formula is C13H26N2O. The molecule has 1 saturated carbocycles. The highest BCUT2D eigenvalue weighted by Crippen LogP contribution is 2.31. The fourth-order valence-corrected chi connectivity index (χ4v) is 3.46. The molecule has 2 atom stereocenters. The van der Waals surface area contributed by atoms with Gasteiger partial charge in [0.15, 0.2) is 0 Å². The van der Waals surface area contributed by atoms with Crippen molar-refractivity contribution in [3.63, 3.8) is 0 Å². The third-order valence-corrected chi connectivity index (χ3v) is 4.44. The van der Waals surface area contributed by atoms with Crippen LogP contribution in [0.2, 0.25) is 0 Å². The molecule has 2 fully saturated rings. The zero-order valence-corrected chi connectivity index (χ0v) is 10.5. The second kappa shape index (κ2) is 5.99. The number of hydrogen-bond acceptors (Lipinski definition) is 3. The molecule has 1 aliphatic carbocycles. The van der Waals surface area contributed by atoms with E-state index in [0.717, 1.165) is 31.0 Å². The summed E-state index contributed by atoms with van der Waals surface area (Å²) in [6.45, 7) is 4.34. The van der Waals surface area contributed by atoms with Gasteiger partial charge in [-0.2, -0.15) is 0 Å². The number of nitrogens with zero attached hydrogens (tertiary/aromatic N) is 1. The Morgan fingerprint density at radius 3 is 2.56 bits per heavy atom. The average Bonchev–Trinajstić information content (AvgIpc) is 2.78. The molecule has 2 aliphatic rings. The Balaban J connectivity index is 1.79. The van der Waals surface area contributed by atoms with Gasteiger partial charge in [0.2, 0.25) is 0 Å². The van der Waals surface area contributed by atoms with Crippen LogP contribution in [-0.4, -0.2) is 44.3 Å². The second-order valence-corrected chi connectivity index (χ2v) is 5.43. The predicted molar refractivity (Wildman–Crippen MR) is 66.4 cm³/mol. The van der Waals surface area contributed by atoms with Crippen molar-refractivity contribution in [3.8, 4) is 0 Å². The van der Waals surface area contributed by atoms with Gasteiger partial charge in [0.05, 0.1) is 0 Å². The maximum Gasteiger partial charge on any atom is 0.0491 e. The van der Waals surface area contributed by atoms with Gasteiger partial charge in [-0.25, -0.2) is 0 Å². The minimum atomic E-state index is 0.763. The normalized spacial score (nSPS) is 33.4. The van der Waals surface area contributed by atoms with E-state index < -0.39 is 0 Å². The maximum absolute atomic E-state index is 5.86. The summed E-state index contributed by atoms with van der Waals surface area (Å²) in [5, 5.41) is 0.